The van der Waals surface area contributed by atoms with Gasteiger partial charge in [0.25, 0.3) is 0 Å². The summed E-state index contributed by atoms with van der Waals surface area (Å²) in [5, 5.41) is 10.2. The molecule has 0 saturated carbocycles. The molecule has 0 aliphatic heterocycles. The van der Waals surface area contributed by atoms with Gasteiger partial charge in [-0.2, -0.15) is 0 Å². The lowest BCUT2D eigenvalue weighted by Crippen LogP contribution is -2.18. The molecule has 1 atom stereocenters. The highest BCUT2D eigenvalue weighted by Crippen LogP contribution is 2.23. The molecule has 4 nitrogen and oxygen atoms in total. The Morgan fingerprint density at radius 2 is 1.41 bits per heavy atom. The molecule has 2 aromatic rings. The molecule has 4 heteroatoms. The largest absolute Gasteiger partial charge is 0.380 e. The molecule has 0 radical (unpaired) electrons. The van der Waals surface area contributed by atoms with Gasteiger partial charge in [-0.3, -0.25) is 14.4 Å². The Labute approximate surface area is 128 Å². The van der Waals surface area contributed by atoms with Crippen LogP contribution in [0.1, 0.15) is 56.6 Å². The first-order valence-electron chi connectivity index (χ1n) is 6.85. The summed E-state index contributed by atoms with van der Waals surface area (Å²) in [6.45, 7) is 2.64. The highest BCUT2D eigenvalue weighted by Gasteiger charge is 2.25. The standard InChI is InChI=1S/C18H16O4/c1-11(19)14-9-6-10-15(16(14)12(2)20)18(22)17(21)13-7-4-3-5-8-13/h3-10,17,21H,1-2H3. The third-order valence-electron chi connectivity index (χ3n) is 3.42. The number of hydrogen-bond acceptors (Lipinski definition) is 4. The van der Waals surface area contributed by atoms with Crippen LogP contribution in [-0.4, -0.2) is 22.5 Å². The maximum absolute atomic E-state index is 12.5. The van der Waals surface area contributed by atoms with Gasteiger partial charge in [-0.15, -0.1) is 0 Å². The molecule has 1 unspecified atom stereocenters. The fraction of sp³-hybridized carbons (Fsp3) is 0.167. The van der Waals surface area contributed by atoms with Gasteiger partial charge in [0.15, 0.2) is 17.3 Å². The van der Waals surface area contributed by atoms with E-state index in [0.717, 1.165) is 0 Å². The Morgan fingerprint density at radius 3 is 1.95 bits per heavy atom. The normalized spacial score (nSPS) is 11.8. The second-order valence-corrected chi connectivity index (χ2v) is 5.02. The van der Waals surface area contributed by atoms with Crippen LogP contribution in [0.5, 0.6) is 0 Å². The predicted octanol–water partition coefficient (Wildman–Crippen LogP) is 3.01. The van der Waals surface area contributed by atoms with Crippen molar-refractivity contribution >= 4 is 17.3 Å². The molecule has 0 bridgehead atoms. The lowest BCUT2D eigenvalue weighted by atomic mass is 9.90. The second-order valence-electron chi connectivity index (χ2n) is 5.02. The molecule has 2 aromatic carbocycles. The SMILES string of the molecule is CC(=O)c1cccc(C(=O)C(O)c2ccccc2)c1C(C)=O. The third-order valence-corrected chi connectivity index (χ3v) is 3.42. The van der Waals surface area contributed by atoms with E-state index in [4.69, 9.17) is 0 Å². The van der Waals surface area contributed by atoms with Gasteiger partial charge in [0, 0.05) is 16.7 Å². The number of hydrogen-bond donors (Lipinski definition) is 1. The molecule has 0 aliphatic rings. The smallest absolute Gasteiger partial charge is 0.196 e. The maximum Gasteiger partial charge on any atom is 0.196 e. The number of aliphatic hydroxyl groups excluding tert-OH is 1. The summed E-state index contributed by atoms with van der Waals surface area (Å²) < 4.78 is 0. The van der Waals surface area contributed by atoms with Gasteiger partial charge in [-0.1, -0.05) is 48.5 Å². The molecule has 0 heterocycles. The van der Waals surface area contributed by atoms with Crippen LogP contribution in [0.2, 0.25) is 0 Å². The minimum atomic E-state index is -1.37. The lowest BCUT2D eigenvalue weighted by molar-refractivity contribution is 0.0743. The predicted molar refractivity (Wildman–Crippen MR) is 82.2 cm³/mol. The molecular formula is C18H16O4. The zero-order chi connectivity index (χ0) is 16.3. The molecule has 0 saturated heterocycles. The van der Waals surface area contributed by atoms with E-state index in [0.29, 0.717) is 5.56 Å². The fourth-order valence-corrected chi connectivity index (χ4v) is 2.36. The van der Waals surface area contributed by atoms with Crippen molar-refractivity contribution in [3.63, 3.8) is 0 Å². The first-order chi connectivity index (χ1) is 10.4. The number of carbonyl (C=O) groups is 3. The van der Waals surface area contributed by atoms with Crippen LogP contribution in [-0.2, 0) is 0 Å². The summed E-state index contributed by atoms with van der Waals surface area (Å²) in [4.78, 5) is 36.1. The fourth-order valence-electron chi connectivity index (χ4n) is 2.36. The van der Waals surface area contributed by atoms with Gasteiger partial charge in [0.2, 0.25) is 0 Å². The Bertz CT molecular complexity index is 732. The second kappa shape index (κ2) is 6.45. The van der Waals surface area contributed by atoms with E-state index >= 15 is 0 Å². The van der Waals surface area contributed by atoms with Crippen LogP contribution in [0.4, 0.5) is 0 Å². The summed E-state index contributed by atoms with van der Waals surface area (Å²) in [5.41, 5.74) is 0.764. The van der Waals surface area contributed by atoms with Gasteiger partial charge in [0.1, 0.15) is 6.10 Å². The van der Waals surface area contributed by atoms with Crippen molar-refractivity contribution in [3.8, 4) is 0 Å². The van der Waals surface area contributed by atoms with Crippen molar-refractivity contribution < 1.29 is 19.5 Å². The topological polar surface area (TPSA) is 71.4 Å². The first kappa shape index (κ1) is 15.8. The van der Waals surface area contributed by atoms with E-state index in [9.17, 15) is 19.5 Å². The minimum absolute atomic E-state index is 0.0648. The molecule has 0 aliphatic carbocycles. The third kappa shape index (κ3) is 3.02. The molecule has 0 aromatic heterocycles. The maximum atomic E-state index is 12.5. The van der Waals surface area contributed by atoms with Gasteiger partial charge >= 0.3 is 0 Å². The summed E-state index contributed by atoms with van der Waals surface area (Å²) >= 11 is 0. The zero-order valence-corrected chi connectivity index (χ0v) is 12.4. The highest BCUT2D eigenvalue weighted by atomic mass is 16.3. The summed E-state index contributed by atoms with van der Waals surface area (Å²) in [5.74, 6) is -1.28. The van der Waals surface area contributed by atoms with Crippen LogP contribution in [0.3, 0.4) is 0 Å². The molecule has 0 amide bonds. The van der Waals surface area contributed by atoms with E-state index in [2.05, 4.69) is 0 Å². The van der Waals surface area contributed by atoms with Gasteiger partial charge in [-0.25, -0.2) is 0 Å². The van der Waals surface area contributed by atoms with Crippen LogP contribution in [0.15, 0.2) is 48.5 Å². The summed E-state index contributed by atoms with van der Waals surface area (Å²) in [6.07, 6.45) is -1.37. The molecule has 112 valence electrons. The zero-order valence-electron chi connectivity index (χ0n) is 12.4. The van der Waals surface area contributed by atoms with Crippen LogP contribution in [0, 0.1) is 0 Å². The number of aliphatic hydroxyl groups is 1. The van der Waals surface area contributed by atoms with Crippen molar-refractivity contribution in [2.24, 2.45) is 0 Å². The van der Waals surface area contributed by atoms with E-state index in [1.807, 2.05) is 0 Å². The van der Waals surface area contributed by atoms with E-state index in [1.165, 1.54) is 32.0 Å². The average molecular weight is 296 g/mol. The van der Waals surface area contributed by atoms with E-state index in [-0.39, 0.29) is 28.3 Å². The van der Waals surface area contributed by atoms with Crippen LogP contribution < -0.4 is 0 Å². The number of Topliss-reactive ketones (excluding diaryl/α,β-unsaturated/α-hetero) is 3. The number of ketones is 3. The molecule has 0 spiro atoms. The highest BCUT2D eigenvalue weighted by molar-refractivity contribution is 6.15. The summed E-state index contributed by atoms with van der Waals surface area (Å²) in [7, 11) is 0. The molecule has 2 rings (SSSR count). The van der Waals surface area contributed by atoms with Crippen molar-refractivity contribution in [2.75, 3.05) is 0 Å². The van der Waals surface area contributed by atoms with E-state index < -0.39 is 11.9 Å². The molecular weight excluding hydrogens is 280 g/mol. The quantitative estimate of drug-likeness (QED) is 0.861. The van der Waals surface area contributed by atoms with Gasteiger partial charge < -0.3 is 5.11 Å². The average Bonchev–Trinajstić information content (AvgIpc) is 2.53. The van der Waals surface area contributed by atoms with Gasteiger partial charge in [0.05, 0.1) is 0 Å². The Morgan fingerprint density at radius 1 is 0.818 bits per heavy atom. The lowest BCUT2D eigenvalue weighted by Gasteiger charge is -2.14. The Kier molecular flexibility index (Phi) is 4.63. The Balaban J connectivity index is 2.53. The number of benzene rings is 2. The van der Waals surface area contributed by atoms with Crippen molar-refractivity contribution in [1.29, 1.82) is 0 Å². The van der Waals surface area contributed by atoms with Crippen molar-refractivity contribution in [1.82, 2.24) is 0 Å². The van der Waals surface area contributed by atoms with Gasteiger partial charge in [-0.05, 0) is 19.4 Å². The molecule has 1 N–H and O–H groups in total. The first-order valence-corrected chi connectivity index (χ1v) is 6.85. The minimum Gasteiger partial charge on any atom is -0.380 e. The van der Waals surface area contributed by atoms with E-state index in [1.54, 1.807) is 30.3 Å². The van der Waals surface area contributed by atoms with Crippen molar-refractivity contribution in [3.05, 3.63) is 70.8 Å². The molecule has 22 heavy (non-hydrogen) atoms. The monoisotopic (exact) mass is 296 g/mol. The molecule has 0 fully saturated rings. The summed E-state index contributed by atoms with van der Waals surface area (Å²) in [6, 6.07) is 13.0. The number of carbonyl (C=O) groups excluding carboxylic acids is 3. The van der Waals surface area contributed by atoms with Crippen molar-refractivity contribution in [2.45, 2.75) is 20.0 Å². The van der Waals surface area contributed by atoms with Crippen LogP contribution >= 0.6 is 0 Å². The van der Waals surface area contributed by atoms with Crippen LogP contribution in [0.25, 0.3) is 0 Å². The number of rotatable bonds is 5. The Hall–Kier alpha value is -2.59.